The van der Waals surface area contributed by atoms with Gasteiger partial charge in [-0.3, -0.25) is 0 Å². The van der Waals surface area contributed by atoms with E-state index in [1.807, 2.05) is 6.07 Å². The van der Waals surface area contributed by atoms with Gasteiger partial charge in [-0.25, -0.2) is 4.39 Å². The van der Waals surface area contributed by atoms with Crippen molar-refractivity contribution < 1.29 is 4.39 Å². The summed E-state index contributed by atoms with van der Waals surface area (Å²) >= 11 is 0. The smallest absolute Gasteiger partial charge is 0.125 e. The standard InChI is InChI=1S/C12H14FN/c13-9-3-4-10-11(7-9)14-8-12(10)5-1-2-6-12/h3-4,7,14H,1-2,5-6,8H2. The predicted octanol–water partition coefficient (Wildman–Crippen LogP) is 3.06. The summed E-state index contributed by atoms with van der Waals surface area (Å²) in [6.07, 6.45) is 5.16. The van der Waals surface area contributed by atoms with Crippen molar-refractivity contribution in [3.8, 4) is 0 Å². The second kappa shape index (κ2) is 2.72. The molecule has 1 aromatic rings. The summed E-state index contributed by atoms with van der Waals surface area (Å²) in [4.78, 5) is 0. The van der Waals surface area contributed by atoms with E-state index in [0.29, 0.717) is 5.41 Å². The van der Waals surface area contributed by atoms with Gasteiger partial charge in [0.2, 0.25) is 0 Å². The minimum absolute atomic E-state index is 0.133. The minimum atomic E-state index is -0.133. The van der Waals surface area contributed by atoms with E-state index < -0.39 is 0 Å². The third-order valence-corrected chi connectivity index (χ3v) is 3.73. The summed E-state index contributed by atoms with van der Waals surface area (Å²) in [7, 11) is 0. The second-order valence-corrected chi connectivity index (χ2v) is 4.53. The lowest BCUT2D eigenvalue weighted by Crippen LogP contribution is -2.23. The highest BCUT2D eigenvalue weighted by Gasteiger charge is 2.40. The molecule has 0 atom stereocenters. The molecule has 1 aliphatic heterocycles. The van der Waals surface area contributed by atoms with Crippen molar-refractivity contribution in [2.24, 2.45) is 0 Å². The maximum Gasteiger partial charge on any atom is 0.125 e. The first-order chi connectivity index (χ1) is 6.80. The third kappa shape index (κ3) is 0.999. The number of anilines is 1. The first kappa shape index (κ1) is 8.27. The Bertz CT molecular complexity index is 367. The van der Waals surface area contributed by atoms with Crippen LogP contribution in [0.2, 0.25) is 0 Å². The van der Waals surface area contributed by atoms with E-state index in [0.717, 1.165) is 12.2 Å². The Morgan fingerprint density at radius 3 is 2.79 bits per heavy atom. The average Bonchev–Trinajstić information content (AvgIpc) is 2.77. The molecule has 1 saturated carbocycles. The Labute approximate surface area is 83.3 Å². The molecule has 1 spiro atoms. The van der Waals surface area contributed by atoms with E-state index in [9.17, 15) is 4.39 Å². The van der Waals surface area contributed by atoms with Crippen molar-refractivity contribution in [3.63, 3.8) is 0 Å². The molecular weight excluding hydrogens is 177 g/mol. The molecule has 0 saturated heterocycles. The van der Waals surface area contributed by atoms with Crippen LogP contribution < -0.4 is 5.32 Å². The molecule has 1 N–H and O–H groups in total. The van der Waals surface area contributed by atoms with Crippen molar-refractivity contribution in [2.75, 3.05) is 11.9 Å². The molecule has 0 unspecified atom stereocenters. The van der Waals surface area contributed by atoms with Crippen molar-refractivity contribution in [3.05, 3.63) is 29.6 Å². The molecule has 0 bridgehead atoms. The summed E-state index contributed by atoms with van der Waals surface area (Å²) in [5, 5.41) is 3.33. The van der Waals surface area contributed by atoms with Gasteiger partial charge < -0.3 is 5.32 Å². The van der Waals surface area contributed by atoms with Gasteiger partial charge in [0.15, 0.2) is 0 Å². The lowest BCUT2D eigenvalue weighted by molar-refractivity contribution is 0.489. The van der Waals surface area contributed by atoms with Crippen LogP contribution in [0.3, 0.4) is 0 Å². The van der Waals surface area contributed by atoms with E-state index in [-0.39, 0.29) is 5.82 Å². The van der Waals surface area contributed by atoms with Gasteiger partial charge in [-0.05, 0) is 30.5 Å². The van der Waals surface area contributed by atoms with Crippen LogP contribution in [0.5, 0.6) is 0 Å². The molecule has 0 radical (unpaired) electrons. The van der Waals surface area contributed by atoms with Crippen LogP contribution in [0, 0.1) is 5.82 Å². The zero-order valence-corrected chi connectivity index (χ0v) is 8.15. The lowest BCUT2D eigenvalue weighted by atomic mass is 9.81. The monoisotopic (exact) mass is 191 g/mol. The van der Waals surface area contributed by atoms with Gasteiger partial charge in [0.25, 0.3) is 0 Å². The number of halogens is 1. The molecule has 2 aliphatic rings. The SMILES string of the molecule is Fc1ccc2c(c1)NCC21CCCC1. The number of hydrogen-bond donors (Lipinski definition) is 1. The van der Waals surface area contributed by atoms with Gasteiger partial charge in [-0.15, -0.1) is 0 Å². The quantitative estimate of drug-likeness (QED) is 0.664. The molecule has 0 aromatic heterocycles. The summed E-state index contributed by atoms with van der Waals surface area (Å²) in [5.41, 5.74) is 2.70. The van der Waals surface area contributed by atoms with Gasteiger partial charge in [0.05, 0.1) is 0 Å². The minimum Gasteiger partial charge on any atom is -0.384 e. The first-order valence-corrected chi connectivity index (χ1v) is 5.34. The van der Waals surface area contributed by atoms with E-state index >= 15 is 0 Å². The van der Waals surface area contributed by atoms with Crippen molar-refractivity contribution >= 4 is 5.69 Å². The predicted molar refractivity (Wildman–Crippen MR) is 55.0 cm³/mol. The van der Waals surface area contributed by atoms with Crippen LogP contribution in [-0.4, -0.2) is 6.54 Å². The Hall–Kier alpha value is -1.05. The fourth-order valence-electron chi connectivity index (χ4n) is 2.98. The first-order valence-electron chi connectivity index (χ1n) is 5.34. The van der Waals surface area contributed by atoms with Crippen LogP contribution in [-0.2, 0) is 5.41 Å². The maximum absolute atomic E-state index is 13.0. The van der Waals surface area contributed by atoms with E-state index in [1.54, 1.807) is 12.1 Å². The van der Waals surface area contributed by atoms with Crippen LogP contribution in [0.4, 0.5) is 10.1 Å². The fraction of sp³-hybridized carbons (Fsp3) is 0.500. The van der Waals surface area contributed by atoms with E-state index in [2.05, 4.69) is 5.32 Å². The van der Waals surface area contributed by atoms with Gasteiger partial charge in [0.1, 0.15) is 5.82 Å². The van der Waals surface area contributed by atoms with Gasteiger partial charge in [0, 0.05) is 17.6 Å². The zero-order chi connectivity index (χ0) is 9.60. The zero-order valence-electron chi connectivity index (χ0n) is 8.15. The van der Waals surface area contributed by atoms with E-state index in [1.165, 1.54) is 31.2 Å². The summed E-state index contributed by atoms with van der Waals surface area (Å²) in [6, 6.07) is 5.18. The molecule has 1 aromatic carbocycles. The highest BCUT2D eigenvalue weighted by molar-refractivity contribution is 5.60. The fourth-order valence-corrected chi connectivity index (χ4v) is 2.98. The molecule has 1 nitrogen and oxygen atoms in total. The second-order valence-electron chi connectivity index (χ2n) is 4.53. The largest absolute Gasteiger partial charge is 0.384 e. The van der Waals surface area contributed by atoms with Gasteiger partial charge in [-0.2, -0.15) is 0 Å². The Morgan fingerprint density at radius 1 is 1.21 bits per heavy atom. The topological polar surface area (TPSA) is 12.0 Å². The molecule has 3 rings (SSSR count). The van der Waals surface area contributed by atoms with Crippen LogP contribution in [0.25, 0.3) is 0 Å². The van der Waals surface area contributed by atoms with Crippen molar-refractivity contribution in [1.82, 2.24) is 0 Å². The number of fused-ring (bicyclic) bond motifs is 2. The highest BCUT2D eigenvalue weighted by Crippen LogP contribution is 2.47. The van der Waals surface area contributed by atoms with E-state index in [4.69, 9.17) is 0 Å². The average molecular weight is 191 g/mol. The van der Waals surface area contributed by atoms with Crippen LogP contribution in [0.1, 0.15) is 31.2 Å². The highest BCUT2D eigenvalue weighted by atomic mass is 19.1. The van der Waals surface area contributed by atoms with Crippen molar-refractivity contribution in [1.29, 1.82) is 0 Å². The Balaban J connectivity index is 2.09. The number of rotatable bonds is 0. The summed E-state index contributed by atoms with van der Waals surface area (Å²) in [5.74, 6) is -0.133. The number of hydrogen-bond acceptors (Lipinski definition) is 1. The Morgan fingerprint density at radius 2 is 2.00 bits per heavy atom. The van der Waals surface area contributed by atoms with Crippen LogP contribution >= 0.6 is 0 Å². The third-order valence-electron chi connectivity index (χ3n) is 3.73. The molecule has 1 heterocycles. The molecule has 1 fully saturated rings. The molecule has 2 heteroatoms. The Kier molecular flexibility index (Phi) is 1.61. The van der Waals surface area contributed by atoms with Crippen molar-refractivity contribution in [2.45, 2.75) is 31.1 Å². The summed E-state index contributed by atoms with van der Waals surface area (Å²) in [6.45, 7) is 1.01. The summed E-state index contributed by atoms with van der Waals surface area (Å²) < 4.78 is 13.0. The number of nitrogens with one attached hydrogen (secondary N) is 1. The molecule has 0 amide bonds. The maximum atomic E-state index is 13.0. The molecule has 1 aliphatic carbocycles. The molecule has 14 heavy (non-hydrogen) atoms. The van der Waals surface area contributed by atoms with Gasteiger partial charge >= 0.3 is 0 Å². The van der Waals surface area contributed by atoms with Crippen LogP contribution in [0.15, 0.2) is 18.2 Å². The molecule has 74 valence electrons. The number of benzene rings is 1. The normalized spacial score (nSPS) is 22.4. The molecular formula is C12H14FN. The van der Waals surface area contributed by atoms with Gasteiger partial charge in [-0.1, -0.05) is 18.9 Å². The lowest BCUT2D eigenvalue weighted by Gasteiger charge is -2.22.